The molecular weight excluding hydrogens is 164 g/mol. The lowest BCUT2D eigenvalue weighted by molar-refractivity contribution is 0.211. The molecule has 0 bridgehead atoms. The molecule has 0 aromatic carbocycles. The summed E-state index contributed by atoms with van der Waals surface area (Å²) in [4.78, 5) is 4.57. The highest BCUT2D eigenvalue weighted by molar-refractivity contribution is 5.78. The van der Waals surface area contributed by atoms with Crippen LogP contribution in [0.5, 0.6) is 0 Å². The van der Waals surface area contributed by atoms with E-state index in [-0.39, 0.29) is 5.41 Å². The van der Waals surface area contributed by atoms with Crippen LogP contribution in [0.25, 0.3) is 0 Å². The third kappa shape index (κ3) is 2.02. The number of hydrogen-bond donors (Lipinski definition) is 1. The molecule has 2 aliphatic rings. The highest BCUT2D eigenvalue weighted by Gasteiger charge is 2.35. The van der Waals surface area contributed by atoms with Gasteiger partial charge >= 0.3 is 0 Å². The largest absolute Gasteiger partial charge is 0.474 e. The van der Waals surface area contributed by atoms with Gasteiger partial charge in [0.05, 0.1) is 0 Å². The molecule has 0 aromatic heterocycles. The number of rotatable bonds is 1. The van der Waals surface area contributed by atoms with Gasteiger partial charge in [-0.1, -0.05) is 20.8 Å². The van der Waals surface area contributed by atoms with Gasteiger partial charge in [0.2, 0.25) is 0 Å². The summed E-state index contributed by atoms with van der Waals surface area (Å²) in [6.07, 6.45) is 1.28. The normalized spacial score (nSPS) is 32.7. The van der Waals surface area contributed by atoms with Gasteiger partial charge in [-0.25, -0.2) is 4.99 Å². The van der Waals surface area contributed by atoms with Crippen molar-refractivity contribution in [3.8, 4) is 0 Å². The van der Waals surface area contributed by atoms with Crippen molar-refractivity contribution in [2.45, 2.75) is 39.3 Å². The first-order valence-electron chi connectivity index (χ1n) is 4.99. The van der Waals surface area contributed by atoms with E-state index in [9.17, 15) is 0 Å². The maximum Gasteiger partial charge on any atom is 0.184 e. The van der Waals surface area contributed by atoms with Crippen molar-refractivity contribution in [2.75, 3.05) is 13.1 Å². The number of hydrogen-bond acceptors (Lipinski definition) is 3. The molecule has 3 nitrogen and oxygen atoms in total. The predicted octanol–water partition coefficient (Wildman–Crippen LogP) is 1.19. The lowest BCUT2D eigenvalue weighted by atomic mass is 9.92. The molecule has 1 saturated heterocycles. The number of aliphatic imine (C=N–C) groups is 1. The SMILES string of the molecule is CC(C)(C)CC1=NC2CNCC2O1. The average Bonchev–Trinajstić information content (AvgIpc) is 2.40. The van der Waals surface area contributed by atoms with Crippen molar-refractivity contribution in [1.29, 1.82) is 0 Å². The highest BCUT2D eigenvalue weighted by Crippen LogP contribution is 2.25. The van der Waals surface area contributed by atoms with E-state index in [1.807, 2.05) is 0 Å². The second-order valence-corrected chi connectivity index (χ2v) is 5.14. The molecule has 3 heteroatoms. The summed E-state index contributed by atoms with van der Waals surface area (Å²) in [7, 11) is 0. The average molecular weight is 182 g/mol. The van der Waals surface area contributed by atoms with Crippen LogP contribution in [0.4, 0.5) is 0 Å². The number of nitrogens with zero attached hydrogens (tertiary/aromatic N) is 1. The number of fused-ring (bicyclic) bond motifs is 1. The van der Waals surface area contributed by atoms with Gasteiger partial charge in [-0.15, -0.1) is 0 Å². The van der Waals surface area contributed by atoms with Gasteiger partial charge in [-0.05, 0) is 5.41 Å². The smallest absolute Gasteiger partial charge is 0.184 e. The lowest BCUT2D eigenvalue weighted by Gasteiger charge is -2.18. The van der Waals surface area contributed by atoms with E-state index in [0.29, 0.717) is 12.1 Å². The van der Waals surface area contributed by atoms with E-state index in [4.69, 9.17) is 4.74 Å². The Morgan fingerprint density at radius 3 is 2.85 bits per heavy atom. The molecular formula is C10H18N2O. The Bertz CT molecular complexity index is 230. The first-order chi connectivity index (χ1) is 6.04. The molecule has 1 fully saturated rings. The Hall–Kier alpha value is -0.570. The van der Waals surface area contributed by atoms with Gasteiger partial charge in [0.25, 0.3) is 0 Å². The van der Waals surface area contributed by atoms with Crippen molar-refractivity contribution >= 4 is 5.90 Å². The molecule has 0 aromatic rings. The molecule has 13 heavy (non-hydrogen) atoms. The quantitative estimate of drug-likeness (QED) is 0.661. The second kappa shape index (κ2) is 2.98. The molecule has 2 rings (SSSR count). The Morgan fingerprint density at radius 2 is 2.23 bits per heavy atom. The molecule has 0 amide bonds. The van der Waals surface area contributed by atoms with Crippen LogP contribution in [0.3, 0.4) is 0 Å². The first kappa shape index (κ1) is 9.00. The van der Waals surface area contributed by atoms with Crippen molar-refractivity contribution in [2.24, 2.45) is 10.4 Å². The van der Waals surface area contributed by atoms with Crippen LogP contribution in [0.15, 0.2) is 4.99 Å². The summed E-state index contributed by atoms with van der Waals surface area (Å²) in [5, 5.41) is 3.28. The van der Waals surface area contributed by atoms with Crippen LogP contribution < -0.4 is 5.32 Å². The summed E-state index contributed by atoms with van der Waals surface area (Å²) < 4.78 is 5.75. The van der Waals surface area contributed by atoms with Crippen molar-refractivity contribution in [3.05, 3.63) is 0 Å². The van der Waals surface area contributed by atoms with Crippen LogP contribution in [0, 0.1) is 5.41 Å². The van der Waals surface area contributed by atoms with Crippen molar-refractivity contribution in [3.63, 3.8) is 0 Å². The zero-order chi connectivity index (χ0) is 9.47. The molecule has 2 aliphatic heterocycles. The van der Waals surface area contributed by atoms with E-state index in [0.717, 1.165) is 25.4 Å². The summed E-state index contributed by atoms with van der Waals surface area (Å²) in [5.74, 6) is 0.962. The topological polar surface area (TPSA) is 33.6 Å². The van der Waals surface area contributed by atoms with Crippen LogP contribution in [0.1, 0.15) is 27.2 Å². The Kier molecular flexibility index (Phi) is 2.06. The summed E-state index contributed by atoms with van der Waals surface area (Å²) in [6, 6.07) is 0.386. The van der Waals surface area contributed by atoms with E-state index < -0.39 is 0 Å². The third-order valence-corrected chi connectivity index (χ3v) is 2.41. The molecule has 74 valence electrons. The number of ether oxygens (including phenoxy) is 1. The maximum absolute atomic E-state index is 5.75. The predicted molar refractivity (Wildman–Crippen MR) is 53.0 cm³/mol. The fourth-order valence-corrected chi connectivity index (χ4v) is 1.82. The van der Waals surface area contributed by atoms with E-state index in [2.05, 4.69) is 31.1 Å². The zero-order valence-corrected chi connectivity index (χ0v) is 8.63. The summed E-state index contributed by atoms with van der Waals surface area (Å²) >= 11 is 0. The van der Waals surface area contributed by atoms with Crippen LogP contribution >= 0.6 is 0 Å². The van der Waals surface area contributed by atoms with Crippen LogP contribution in [0.2, 0.25) is 0 Å². The Balaban J connectivity index is 1.96. The van der Waals surface area contributed by atoms with E-state index in [1.165, 1.54) is 0 Å². The van der Waals surface area contributed by atoms with Gasteiger partial charge in [0, 0.05) is 19.5 Å². The van der Waals surface area contributed by atoms with Crippen LogP contribution in [-0.2, 0) is 4.74 Å². The molecule has 2 unspecified atom stereocenters. The van der Waals surface area contributed by atoms with E-state index >= 15 is 0 Å². The van der Waals surface area contributed by atoms with Gasteiger partial charge in [-0.3, -0.25) is 0 Å². The van der Waals surface area contributed by atoms with Crippen molar-refractivity contribution in [1.82, 2.24) is 5.32 Å². The van der Waals surface area contributed by atoms with Gasteiger partial charge in [-0.2, -0.15) is 0 Å². The Morgan fingerprint density at radius 1 is 1.46 bits per heavy atom. The first-order valence-corrected chi connectivity index (χ1v) is 4.99. The fourth-order valence-electron chi connectivity index (χ4n) is 1.82. The molecule has 2 atom stereocenters. The Labute approximate surface area is 79.6 Å². The molecule has 0 saturated carbocycles. The molecule has 0 aliphatic carbocycles. The van der Waals surface area contributed by atoms with Crippen LogP contribution in [-0.4, -0.2) is 31.1 Å². The third-order valence-electron chi connectivity index (χ3n) is 2.41. The fraction of sp³-hybridized carbons (Fsp3) is 0.900. The minimum absolute atomic E-state index is 0.283. The summed E-state index contributed by atoms with van der Waals surface area (Å²) in [5.41, 5.74) is 0.283. The maximum atomic E-state index is 5.75. The number of nitrogens with one attached hydrogen (secondary N) is 1. The van der Waals surface area contributed by atoms with Gasteiger partial charge < -0.3 is 10.1 Å². The van der Waals surface area contributed by atoms with Crippen molar-refractivity contribution < 1.29 is 4.74 Å². The molecule has 0 radical (unpaired) electrons. The van der Waals surface area contributed by atoms with Gasteiger partial charge in [0.1, 0.15) is 12.1 Å². The minimum Gasteiger partial charge on any atom is -0.474 e. The standard InChI is InChI=1S/C10H18N2O/c1-10(2,3)4-9-12-7-5-11-6-8(7)13-9/h7-8,11H,4-6H2,1-3H3. The van der Waals surface area contributed by atoms with E-state index in [1.54, 1.807) is 0 Å². The molecule has 0 spiro atoms. The monoisotopic (exact) mass is 182 g/mol. The summed E-state index contributed by atoms with van der Waals surface area (Å²) in [6.45, 7) is 8.59. The second-order valence-electron chi connectivity index (χ2n) is 5.14. The highest BCUT2D eigenvalue weighted by atomic mass is 16.5. The zero-order valence-electron chi connectivity index (χ0n) is 8.63. The lowest BCUT2D eigenvalue weighted by Crippen LogP contribution is -2.22. The minimum atomic E-state index is 0.283. The molecule has 1 N–H and O–H groups in total. The molecule has 2 heterocycles. The van der Waals surface area contributed by atoms with Gasteiger partial charge in [0.15, 0.2) is 5.90 Å².